The minimum Gasteiger partial charge on any atom is -0.481 e. The van der Waals surface area contributed by atoms with Gasteiger partial charge in [-0.3, -0.25) is 10.1 Å². The standard InChI is InChI=1S/C27H27N5O5/c1-17(18-7-3-2-4-8-18)36-26(35)30-23-20(15-28)31-37-24(23)19-10-11-22(29-16-19)32-14-6-5-9-21(32)27(12-13-27)25(33)34/h2-4,7-8,10-11,16-17,21H,5-6,9,12-14H2,1H3,(H,30,35)(H,33,34). The van der Waals surface area contributed by atoms with Gasteiger partial charge in [-0.2, -0.15) is 5.26 Å². The summed E-state index contributed by atoms with van der Waals surface area (Å²) in [6, 6.07) is 14.7. The van der Waals surface area contributed by atoms with E-state index in [1.807, 2.05) is 36.4 Å². The van der Waals surface area contributed by atoms with Crippen molar-refractivity contribution in [1.82, 2.24) is 10.1 Å². The van der Waals surface area contributed by atoms with Crippen molar-refractivity contribution in [2.75, 3.05) is 16.8 Å². The Morgan fingerprint density at radius 3 is 2.68 bits per heavy atom. The lowest BCUT2D eigenvalue weighted by atomic mass is 9.87. The smallest absolute Gasteiger partial charge is 0.412 e. The summed E-state index contributed by atoms with van der Waals surface area (Å²) in [5, 5.41) is 25.7. The molecule has 2 fully saturated rings. The SMILES string of the molecule is CC(OC(=O)Nc1c(C#N)noc1-c1ccc(N2CCCCC2C2(C(=O)O)CC2)nc1)c1ccccc1. The van der Waals surface area contributed by atoms with E-state index in [2.05, 4.69) is 20.4 Å². The number of carboxylic acid groups (broad SMARTS) is 1. The number of nitrogens with zero attached hydrogens (tertiary/aromatic N) is 4. The summed E-state index contributed by atoms with van der Waals surface area (Å²) in [5.41, 5.74) is 0.659. The Bertz CT molecular complexity index is 1330. The monoisotopic (exact) mass is 501 g/mol. The maximum absolute atomic E-state index is 12.6. The number of rotatable bonds is 7. The molecule has 190 valence electrons. The Morgan fingerprint density at radius 2 is 2.03 bits per heavy atom. The summed E-state index contributed by atoms with van der Waals surface area (Å²) < 4.78 is 10.9. The number of aliphatic carboxylic acids is 1. The van der Waals surface area contributed by atoms with Crippen LogP contribution in [0.2, 0.25) is 0 Å². The number of nitriles is 1. The molecule has 2 aliphatic rings. The lowest BCUT2D eigenvalue weighted by Crippen LogP contribution is -2.48. The van der Waals surface area contributed by atoms with Crippen LogP contribution in [0.25, 0.3) is 11.3 Å². The number of amides is 1. The number of anilines is 2. The van der Waals surface area contributed by atoms with Crippen LogP contribution in [0.5, 0.6) is 0 Å². The molecule has 0 radical (unpaired) electrons. The normalized spacial score (nSPS) is 18.9. The first kappa shape index (κ1) is 24.3. The zero-order chi connectivity index (χ0) is 26.0. The number of carboxylic acids is 1. The molecule has 1 amide bonds. The quantitative estimate of drug-likeness (QED) is 0.450. The van der Waals surface area contributed by atoms with E-state index < -0.39 is 23.6 Å². The van der Waals surface area contributed by atoms with E-state index in [0.717, 1.165) is 31.4 Å². The van der Waals surface area contributed by atoms with Gasteiger partial charge in [0.2, 0.25) is 5.69 Å². The van der Waals surface area contributed by atoms with Gasteiger partial charge in [0.25, 0.3) is 0 Å². The van der Waals surface area contributed by atoms with Crippen molar-refractivity contribution >= 4 is 23.6 Å². The number of pyridine rings is 1. The van der Waals surface area contributed by atoms with Gasteiger partial charge in [0.05, 0.1) is 5.41 Å². The van der Waals surface area contributed by atoms with Crippen LogP contribution in [0.4, 0.5) is 16.3 Å². The highest BCUT2D eigenvalue weighted by molar-refractivity contribution is 5.91. The van der Waals surface area contributed by atoms with Gasteiger partial charge in [-0.05, 0) is 56.7 Å². The second-order valence-corrected chi connectivity index (χ2v) is 9.50. The second-order valence-electron chi connectivity index (χ2n) is 9.50. The molecule has 2 aromatic heterocycles. The molecule has 1 saturated carbocycles. The van der Waals surface area contributed by atoms with Gasteiger partial charge < -0.3 is 19.3 Å². The number of carbonyl (C=O) groups excluding carboxylic acids is 1. The predicted octanol–water partition coefficient (Wildman–Crippen LogP) is 5.14. The van der Waals surface area contributed by atoms with Crippen LogP contribution in [0.3, 0.4) is 0 Å². The number of benzene rings is 1. The van der Waals surface area contributed by atoms with Crippen LogP contribution in [0.1, 0.15) is 56.4 Å². The Kier molecular flexibility index (Phi) is 6.53. The van der Waals surface area contributed by atoms with E-state index in [1.165, 1.54) is 0 Å². The first-order valence-corrected chi connectivity index (χ1v) is 12.3. The van der Waals surface area contributed by atoms with E-state index in [-0.39, 0.29) is 23.2 Å². The molecule has 0 spiro atoms. The van der Waals surface area contributed by atoms with Crippen molar-refractivity contribution in [2.24, 2.45) is 5.41 Å². The van der Waals surface area contributed by atoms with E-state index in [1.54, 1.807) is 25.3 Å². The molecule has 3 aromatic rings. The van der Waals surface area contributed by atoms with Gasteiger partial charge in [0, 0.05) is 24.3 Å². The highest BCUT2D eigenvalue weighted by atomic mass is 16.6. The third kappa shape index (κ3) is 4.72. The van der Waals surface area contributed by atoms with Gasteiger partial charge >= 0.3 is 12.1 Å². The van der Waals surface area contributed by atoms with Crippen LogP contribution in [-0.2, 0) is 9.53 Å². The Balaban J connectivity index is 1.35. The van der Waals surface area contributed by atoms with Crippen molar-refractivity contribution < 1.29 is 24.0 Å². The Labute approximate surface area is 213 Å². The van der Waals surface area contributed by atoms with E-state index in [4.69, 9.17) is 9.26 Å². The fourth-order valence-electron chi connectivity index (χ4n) is 5.06. The summed E-state index contributed by atoms with van der Waals surface area (Å²) in [7, 11) is 0. The number of nitrogens with one attached hydrogen (secondary N) is 1. The van der Waals surface area contributed by atoms with Gasteiger partial charge in [-0.25, -0.2) is 9.78 Å². The van der Waals surface area contributed by atoms with E-state index in [9.17, 15) is 20.0 Å². The van der Waals surface area contributed by atoms with Crippen LogP contribution in [-0.4, -0.2) is 39.9 Å². The molecular weight excluding hydrogens is 474 g/mol. The molecule has 10 heteroatoms. The van der Waals surface area contributed by atoms with Crippen molar-refractivity contribution in [2.45, 2.75) is 51.2 Å². The van der Waals surface area contributed by atoms with E-state index in [0.29, 0.717) is 24.2 Å². The van der Waals surface area contributed by atoms with Crippen molar-refractivity contribution in [3.05, 3.63) is 59.9 Å². The molecule has 5 rings (SSSR count). The molecule has 1 aliphatic carbocycles. The van der Waals surface area contributed by atoms with Gasteiger partial charge in [-0.1, -0.05) is 35.5 Å². The third-order valence-electron chi connectivity index (χ3n) is 7.24. The van der Waals surface area contributed by atoms with Crippen molar-refractivity contribution in [3.63, 3.8) is 0 Å². The average Bonchev–Trinajstić information content (AvgIpc) is 3.65. The molecule has 2 unspecified atom stereocenters. The summed E-state index contributed by atoms with van der Waals surface area (Å²) in [6.45, 7) is 2.49. The molecule has 2 atom stereocenters. The lowest BCUT2D eigenvalue weighted by Gasteiger charge is -2.40. The Morgan fingerprint density at radius 1 is 1.24 bits per heavy atom. The Hall–Kier alpha value is -4.39. The molecular formula is C27H27N5O5. The maximum Gasteiger partial charge on any atom is 0.412 e. The highest BCUT2D eigenvalue weighted by Crippen LogP contribution is 2.53. The fraction of sp³-hybridized carbons (Fsp3) is 0.370. The number of piperidine rings is 1. The number of carbonyl (C=O) groups is 2. The summed E-state index contributed by atoms with van der Waals surface area (Å²) in [5.74, 6) is 0.127. The molecule has 1 aromatic carbocycles. The molecule has 3 heterocycles. The first-order valence-electron chi connectivity index (χ1n) is 12.3. The van der Waals surface area contributed by atoms with Crippen LogP contribution >= 0.6 is 0 Å². The summed E-state index contributed by atoms with van der Waals surface area (Å²) >= 11 is 0. The fourth-order valence-corrected chi connectivity index (χ4v) is 5.06. The lowest BCUT2D eigenvalue weighted by molar-refractivity contribution is -0.144. The zero-order valence-electron chi connectivity index (χ0n) is 20.4. The van der Waals surface area contributed by atoms with Crippen LogP contribution in [0, 0.1) is 16.7 Å². The highest BCUT2D eigenvalue weighted by Gasteiger charge is 2.58. The summed E-state index contributed by atoms with van der Waals surface area (Å²) in [4.78, 5) is 31.3. The van der Waals surface area contributed by atoms with Crippen LogP contribution < -0.4 is 10.2 Å². The molecule has 37 heavy (non-hydrogen) atoms. The van der Waals surface area contributed by atoms with Gasteiger partial charge in [0.1, 0.15) is 23.7 Å². The number of ether oxygens (including phenoxy) is 1. The summed E-state index contributed by atoms with van der Waals surface area (Å²) in [6.07, 6.45) is 4.48. The number of hydrogen-bond acceptors (Lipinski definition) is 8. The number of aromatic nitrogens is 2. The minimum atomic E-state index is -0.749. The molecule has 2 N–H and O–H groups in total. The number of hydrogen-bond donors (Lipinski definition) is 2. The van der Waals surface area contributed by atoms with Crippen molar-refractivity contribution in [1.29, 1.82) is 5.26 Å². The third-order valence-corrected chi connectivity index (χ3v) is 7.24. The predicted molar refractivity (Wildman–Crippen MR) is 134 cm³/mol. The van der Waals surface area contributed by atoms with Gasteiger partial charge in [0.15, 0.2) is 5.76 Å². The molecule has 10 nitrogen and oxygen atoms in total. The van der Waals surface area contributed by atoms with Crippen LogP contribution in [0.15, 0.2) is 53.2 Å². The second kappa shape index (κ2) is 9.93. The average molecular weight is 502 g/mol. The van der Waals surface area contributed by atoms with Gasteiger partial charge in [-0.15, -0.1) is 0 Å². The largest absolute Gasteiger partial charge is 0.481 e. The molecule has 1 aliphatic heterocycles. The zero-order valence-corrected chi connectivity index (χ0v) is 20.4. The first-order chi connectivity index (χ1) is 17.9. The maximum atomic E-state index is 12.6. The van der Waals surface area contributed by atoms with Crippen molar-refractivity contribution in [3.8, 4) is 17.4 Å². The topological polar surface area (TPSA) is 142 Å². The molecule has 0 bridgehead atoms. The molecule has 1 saturated heterocycles. The minimum absolute atomic E-state index is 0.0865. The van der Waals surface area contributed by atoms with E-state index >= 15 is 0 Å².